The van der Waals surface area contributed by atoms with Crippen LogP contribution >= 0.6 is 0 Å². The third kappa shape index (κ3) is 1.35. The van der Waals surface area contributed by atoms with Crippen molar-refractivity contribution < 1.29 is 9.32 Å². The van der Waals surface area contributed by atoms with E-state index in [1.807, 2.05) is 12.1 Å². The molecule has 1 heterocycles. The molecule has 1 aromatic carbocycles. The number of rotatable bonds is 2. The van der Waals surface area contributed by atoms with E-state index >= 15 is 0 Å². The second kappa shape index (κ2) is 3.44. The summed E-state index contributed by atoms with van der Waals surface area (Å²) in [7, 11) is 0. The summed E-state index contributed by atoms with van der Waals surface area (Å²) in [6.45, 7) is 1.58. The van der Waals surface area contributed by atoms with Crippen molar-refractivity contribution in [3.05, 3.63) is 29.5 Å². The molecule has 1 saturated carbocycles. The van der Waals surface area contributed by atoms with Gasteiger partial charge in [0.25, 0.3) is 0 Å². The molecule has 3 nitrogen and oxygen atoms in total. The predicted octanol–water partition coefficient (Wildman–Crippen LogP) is 3.30. The molecule has 1 aromatic heterocycles. The summed E-state index contributed by atoms with van der Waals surface area (Å²) in [6, 6.07) is 5.57. The summed E-state index contributed by atoms with van der Waals surface area (Å²) in [5.41, 5.74) is 1.59. The molecule has 3 rings (SSSR count). The first-order chi connectivity index (χ1) is 7.75. The minimum atomic E-state index is 0.0858. The van der Waals surface area contributed by atoms with Crippen molar-refractivity contribution in [3.63, 3.8) is 0 Å². The molecule has 1 aliphatic rings. The third-order valence-corrected chi connectivity index (χ3v) is 3.39. The first kappa shape index (κ1) is 9.58. The molecule has 0 radical (unpaired) electrons. The number of hydrogen-bond acceptors (Lipinski definition) is 3. The van der Waals surface area contributed by atoms with E-state index in [-0.39, 0.29) is 5.78 Å². The first-order valence-electron chi connectivity index (χ1n) is 5.66. The highest BCUT2D eigenvalue weighted by Crippen LogP contribution is 2.39. The molecule has 3 heteroatoms. The van der Waals surface area contributed by atoms with Crippen LogP contribution in [0.4, 0.5) is 0 Å². The maximum atomic E-state index is 11.3. The molecule has 1 aliphatic carbocycles. The average molecular weight is 215 g/mol. The maximum absolute atomic E-state index is 11.3. The Labute approximate surface area is 93.4 Å². The summed E-state index contributed by atoms with van der Waals surface area (Å²) in [6.07, 6.45) is 3.61. The smallest absolute Gasteiger partial charge is 0.159 e. The zero-order valence-electron chi connectivity index (χ0n) is 9.19. The molecular weight excluding hydrogens is 202 g/mol. The molecule has 82 valence electrons. The lowest BCUT2D eigenvalue weighted by atomic mass is 9.82. The zero-order chi connectivity index (χ0) is 11.1. The first-order valence-corrected chi connectivity index (χ1v) is 5.66. The van der Waals surface area contributed by atoms with Crippen LogP contribution in [0.1, 0.15) is 48.2 Å². The van der Waals surface area contributed by atoms with Gasteiger partial charge in [-0.2, -0.15) is 0 Å². The van der Waals surface area contributed by atoms with Crippen LogP contribution in [0, 0.1) is 0 Å². The van der Waals surface area contributed by atoms with Gasteiger partial charge in [0.05, 0.1) is 0 Å². The van der Waals surface area contributed by atoms with Crippen molar-refractivity contribution >= 4 is 16.7 Å². The summed E-state index contributed by atoms with van der Waals surface area (Å²) in [5, 5.41) is 5.05. The van der Waals surface area contributed by atoms with Gasteiger partial charge < -0.3 is 4.52 Å². The van der Waals surface area contributed by atoms with Crippen molar-refractivity contribution in [3.8, 4) is 0 Å². The van der Waals surface area contributed by atoms with E-state index in [1.54, 1.807) is 13.0 Å². The molecule has 1 fully saturated rings. The molecule has 16 heavy (non-hydrogen) atoms. The van der Waals surface area contributed by atoms with Gasteiger partial charge >= 0.3 is 0 Å². The van der Waals surface area contributed by atoms with Gasteiger partial charge in [-0.3, -0.25) is 4.79 Å². The second-order valence-electron chi connectivity index (χ2n) is 4.46. The van der Waals surface area contributed by atoms with Crippen molar-refractivity contribution in [2.45, 2.75) is 32.1 Å². The minimum absolute atomic E-state index is 0.0858. The Bertz CT molecular complexity index is 552. The van der Waals surface area contributed by atoms with E-state index in [0.29, 0.717) is 5.92 Å². The van der Waals surface area contributed by atoms with Gasteiger partial charge in [-0.25, -0.2) is 0 Å². The van der Waals surface area contributed by atoms with Crippen LogP contribution in [0.2, 0.25) is 0 Å². The number of carbonyl (C=O) groups is 1. The van der Waals surface area contributed by atoms with Gasteiger partial charge in [0, 0.05) is 16.9 Å². The Morgan fingerprint density at radius 2 is 2.25 bits per heavy atom. The molecule has 0 unspecified atom stereocenters. The number of carbonyl (C=O) groups excluding carboxylic acids is 1. The zero-order valence-corrected chi connectivity index (χ0v) is 9.19. The molecule has 0 aliphatic heterocycles. The monoisotopic (exact) mass is 215 g/mol. The quantitative estimate of drug-likeness (QED) is 0.722. The van der Waals surface area contributed by atoms with Gasteiger partial charge in [0.15, 0.2) is 5.78 Å². The van der Waals surface area contributed by atoms with Gasteiger partial charge in [0.1, 0.15) is 11.3 Å². The third-order valence-electron chi connectivity index (χ3n) is 3.39. The normalized spacial score (nSPS) is 16.3. The van der Waals surface area contributed by atoms with E-state index in [4.69, 9.17) is 4.52 Å². The fourth-order valence-corrected chi connectivity index (χ4v) is 2.14. The summed E-state index contributed by atoms with van der Waals surface area (Å²) < 4.78 is 5.39. The number of Topliss-reactive ketones (excluding diaryl/α,β-unsaturated/α-hetero) is 1. The molecule has 2 aromatic rings. The van der Waals surface area contributed by atoms with Crippen LogP contribution in [-0.4, -0.2) is 10.9 Å². The lowest BCUT2D eigenvalue weighted by Gasteiger charge is -2.22. The molecule has 0 amide bonds. The fourth-order valence-electron chi connectivity index (χ4n) is 2.14. The molecule has 0 spiro atoms. The van der Waals surface area contributed by atoms with Crippen LogP contribution in [0.25, 0.3) is 10.9 Å². The Morgan fingerprint density at radius 1 is 1.44 bits per heavy atom. The van der Waals surface area contributed by atoms with E-state index in [9.17, 15) is 4.79 Å². The Hall–Kier alpha value is -1.64. The van der Waals surface area contributed by atoms with Gasteiger partial charge in [-0.15, -0.1) is 0 Å². The second-order valence-corrected chi connectivity index (χ2v) is 4.46. The Morgan fingerprint density at radius 3 is 2.88 bits per heavy atom. The van der Waals surface area contributed by atoms with E-state index in [0.717, 1.165) is 22.2 Å². The summed E-state index contributed by atoms with van der Waals surface area (Å²) in [4.78, 5) is 11.3. The van der Waals surface area contributed by atoms with Crippen molar-refractivity contribution in [2.75, 3.05) is 0 Å². The molecule has 0 bridgehead atoms. The van der Waals surface area contributed by atoms with E-state index in [1.165, 1.54) is 19.3 Å². The standard InChI is InChI=1S/C13H13NO2/c1-8(15)10-5-6-12-11(7-10)13(16-14-12)9-3-2-4-9/h5-7,9H,2-4H2,1H3. The topological polar surface area (TPSA) is 43.1 Å². The average Bonchev–Trinajstić information content (AvgIpc) is 2.59. The highest BCUT2D eigenvalue weighted by molar-refractivity contribution is 5.98. The van der Waals surface area contributed by atoms with Gasteiger partial charge in [-0.1, -0.05) is 11.6 Å². The minimum Gasteiger partial charge on any atom is -0.360 e. The van der Waals surface area contributed by atoms with Gasteiger partial charge in [-0.05, 0) is 38.0 Å². The van der Waals surface area contributed by atoms with Crippen LogP contribution in [0.5, 0.6) is 0 Å². The Kier molecular flexibility index (Phi) is 2.06. The van der Waals surface area contributed by atoms with E-state index < -0.39 is 0 Å². The molecule has 0 atom stereocenters. The van der Waals surface area contributed by atoms with Crippen LogP contribution in [0.15, 0.2) is 22.7 Å². The van der Waals surface area contributed by atoms with Crippen molar-refractivity contribution in [2.24, 2.45) is 0 Å². The molecule has 0 saturated heterocycles. The summed E-state index contributed by atoms with van der Waals surface area (Å²) in [5.74, 6) is 1.55. The number of benzene rings is 1. The molecule has 0 N–H and O–H groups in total. The maximum Gasteiger partial charge on any atom is 0.159 e. The highest BCUT2D eigenvalue weighted by Gasteiger charge is 2.25. The van der Waals surface area contributed by atoms with Crippen LogP contribution in [0.3, 0.4) is 0 Å². The van der Waals surface area contributed by atoms with Crippen LogP contribution in [-0.2, 0) is 0 Å². The van der Waals surface area contributed by atoms with Crippen molar-refractivity contribution in [1.82, 2.24) is 5.16 Å². The van der Waals surface area contributed by atoms with E-state index in [2.05, 4.69) is 5.16 Å². The largest absolute Gasteiger partial charge is 0.360 e. The number of ketones is 1. The Balaban J connectivity index is 2.15. The highest BCUT2D eigenvalue weighted by atomic mass is 16.5. The number of hydrogen-bond donors (Lipinski definition) is 0. The lowest BCUT2D eigenvalue weighted by molar-refractivity contribution is 0.101. The number of nitrogens with zero attached hydrogens (tertiary/aromatic N) is 1. The fraction of sp³-hybridized carbons (Fsp3) is 0.385. The van der Waals surface area contributed by atoms with Crippen molar-refractivity contribution in [1.29, 1.82) is 0 Å². The number of aromatic nitrogens is 1. The lowest BCUT2D eigenvalue weighted by Crippen LogP contribution is -2.07. The number of fused-ring (bicyclic) bond motifs is 1. The van der Waals surface area contributed by atoms with Gasteiger partial charge in [0.2, 0.25) is 0 Å². The molecular formula is C13H13NO2. The predicted molar refractivity (Wildman–Crippen MR) is 60.6 cm³/mol. The summed E-state index contributed by atoms with van der Waals surface area (Å²) >= 11 is 0. The SMILES string of the molecule is CC(=O)c1ccc2noc(C3CCC3)c2c1. The van der Waals surface area contributed by atoms with Crippen LogP contribution < -0.4 is 0 Å².